The molecule has 86 valence electrons. The molecule has 0 N–H and O–H groups in total. The van der Waals surface area contributed by atoms with E-state index in [1.165, 1.54) is 37.7 Å². The second kappa shape index (κ2) is 5.09. The van der Waals surface area contributed by atoms with Crippen molar-refractivity contribution < 1.29 is 4.79 Å². The van der Waals surface area contributed by atoms with Gasteiger partial charge in [0.2, 0.25) is 0 Å². The van der Waals surface area contributed by atoms with Crippen LogP contribution in [0.2, 0.25) is 0 Å². The maximum atomic E-state index is 11.3. The summed E-state index contributed by atoms with van der Waals surface area (Å²) in [5, 5.41) is 0. The maximum absolute atomic E-state index is 11.3. The largest absolute Gasteiger partial charge is 0.293 e. The van der Waals surface area contributed by atoms with Crippen LogP contribution in [0.5, 0.6) is 0 Å². The Morgan fingerprint density at radius 2 is 2.00 bits per heavy atom. The Morgan fingerprint density at radius 3 is 2.62 bits per heavy atom. The lowest BCUT2D eigenvalue weighted by Gasteiger charge is -2.22. The molecule has 1 saturated carbocycles. The minimum absolute atomic E-state index is 0.0401. The summed E-state index contributed by atoms with van der Waals surface area (Å²) in [6.45, 7) is 1.57. The second-order valence-corrected chi connectivity index (χ2v) is 5.31. The number of Topliss-reactive ketones (excluding diaryl/α,β-unsaturated/α-hetero) is 1. The molecule has 1 heterocycles. The Hall–Kier alpha value is -0.700. The Kier molecular flexibility index (Phi) is 3.74. The van der Waals surface area contributed by atoms with Crippen molar-refractivity contribution in [1.82, 2.24) is 4.98 Å². The summed E-state index contributed by atoms with van der Waals surface area (Å²) in [6, 6.07) is 4.02. The van der Waals surface area contributed by atoms with Gasteiger partial charge in [-0.1, -0.05) is 19.3 Å². The first kappa shape index (κ1) is 11.8. The van der Waals surface area contributed by atoms with Crippen LogP contribution in [-0.2, 0) is 0 Å². The summed E-state index contributed by atoms with van der Waals surface area (Å²) >= 11 is 3.38. The van der Waals surface area contributed by atoms with Crippen LogP contribution in [0.4, 0.5) is 0 Å². The minimum Gasteiger partial charge on any atom is -0.293 e. The van der Waals surface area contributed by atoms with Crippen molar-refractivity contribution in [3.63, 3.8) is 0 Å². The lowest BCUT2D eigenvalue weighted by molar-refractivity contribution is 0.101. The van der Waals surface area contributed by atoms with Gasteiger partial charge in [-0.25, -0.2) is 4.98 Å². The van der Waals surface area contributed by atoms with Crippen molar-refractivity contribution >= 4 is 21.7 Å². The van der Waals surface area contributed by atoms with E-state index in [2.05, 4.69) is 27.0 Å². The number of hydrogen-bond donors (Lipinski definition) is 0. The van der Waals surface area contributed by atoms with Crippen LogP contribution in [0.3, 0.4) is 0 Å². The first-order valence-corrected chi connectivity index (χ1v) is 6.64. The van der Waals surface area contributed by atoms with E-state index in [1.807, 2.05) is 6.07 Å². The summed E-state index contributed by atoms with van der Waals surface area (Å²) in [5.74, 6) is 0.657. The summed E-state index contributed by atoms with van der Waals surface area (Å²) in [7, 11) is 0. The van der Waals surface area contributed by atoms with Crippen LogP contribution < -0.4 is 0 Å². The van der Waals surface area contributed by atoms with Crippen LogP contribution in [-0.4, -0.2) is 10.8 Å². The van der Waals surface area contributed by atoms with E-state index < -0.39 is 0 Å². The first-order valence-electron chi connectivity index (χ1n) is 5.85. The molecule has 1 fully saturated rings. The molecule has 0 aliphatic heterocycles. The highest BCUT2D eigenvalue weighted by Gasteiger charge is 2.17. The topological polar surface area (TPSA) is 30.0 Å². The first-order chi connectivity index (χ1) is 7.66. The normalized spacial score (nSPS) is 17.4. The fourth-order valence-electron chi connectivity index (χ4n) is 2.37. The summed E-state index contributed by atoms with van der Waals surface area (Å²) in [6.07, 6.45) is 6.45. The van der Waals surface area contributed by atoms with Gasteiger partial charge < -0.3 is 0 Å². The molecule has 0 bridgehead atoms. The molecule has 0 unspecified atom stereocenters. The van der Waals surface area contributed by atoms with E-state index in [0.717, 1.165) is 4.60 Å². The molecule has 1 aromatic rings. The van der Waals surface area contributed by atoms with Gasteiger partial charge in [-0.3, -0.25) is 4.79 Å². The van der Waals surface area contributed by atoms with E-state index in [1.54, 1.807) is 6.92 Å². The average molecular weight is 282 g/mol. The highest BCUT2D eigenvalue weighted by atomic mass is 79.9. The highest BCUT2D eigenvalue weighted by molar-refractivity contribution is 9.10. The van der Waals surface area contributed by atoms with Gasteiger partial charge >= 0.3 is 0 Å². The number of carbonyl (C=O) groups is 1. The molecule has 0 aromatic carbocycles. The van der Waals surface area contributed by atoms with Gasteiger partial charge in [0.25, 0.3) is 0 Å². The third-order valence-corrected chi connectivity index (χ3v) is 3.66. The molecule has 0 spiro atoms. The zero-order valence-electron chi connectivity index (χ0n) is 9.50. The zero-order valence-corrected chi connectivity index (χ0v) is 11.1. The number of rotatable bonds is 2. The summed E-state index contributed by atoms with van der Waals surface area (Å²) in [4.78, 5) is 15.5. The Morgan fingerprint density at radius 1 is 1.31 bits per heavy atom. The smallest absolute Gasteiger partial charge is 0.178 e. The molecular formula is C13H16BrNO. The molecule has 1 aliphatic rings. The molecule has 1 aliphatic carbocycles. The van der Waals surface area contributed by atoms with Gasteiger partial charge in [0.15, 0.2) is 5.78 Å². The molecular weight excluding hydrogens is 266 g/mol. The summed E-state index contributed by atoms with van der Waals surface area (Å²) < 4.78 is 0.778. The van der Waals surface area contributed by atoms with Gasteiger partial charge in [-0.2, -0.15) is 0 Å². The lowest BCUT2D eigenvalue weighted by Crippen LogP contribution is -2.07. The third kappa shape index (κ3) is 2.70. The fourth-order valence-corrected chi connectivity index (χ4v) is 2.82. The molecule has 2 nitrogen and oxygen atoms in total. The average Bonchev–Trinajstić information content (AvgIpc) is 2.29. The molecule has 0 amide bonds. The zero-order chi connectivity index (χ0) is 11.5. The van der Waals surface area contributed by atoms with Crippen molar-refractivity contribution in [3.05, 3.63) is 28.0 Å². The van der Waals surface area contributed by atoms with Crippen molar-refractivity contribution in [1.29, 1.82) is 0 Å². The number of carbonyl (C=O) groups excluding carboxylic acids is 1. The summed E-state index contributed by atoms with van der Waals surface area (Å²) in [5.41, 5.74) is 1.85. The van der Waals surface area contributed by atoms with E-state index in [9.17, 15) is 4.79 Å². The molecule has 1 aromatic heterocycles. The molecule has 16 heavy (non-hydrogen) atoms. The van der Waals surface area contributed by atoms with E-state index >= 15 is 0 Å². The van der Waals surface area contributed by atoms with Crippen molar-refractivity contribution in [2.45, 2.75) is 44.9 Å². The van der Waals surface area contributed by atoms with Crippen LogP contribution in [0.15, 0.2) is 16.7 Å². The number of hydrogen-bond acceptors (Lipinski definition) is 2. The highest BCUT2D eigenvalue weighted by Crippen LogP contribution is 2.33. The molecule has 0 atom stereocenters. The van der Waals surface area contributed by atoms with Gasteiger partial charge in [0.1, 0.15) is 10.3 Å². The molecule has 3 heteroatoms. The van der Waals surface area contributed by atoms with Crippen LogP contribution in [0, 0.1) is 0 Å². The maximum Gasteiger partial charge on any atom is 0.178 e. The Bertz CT molecular complexity index is 397. The Labute approximate surface area is 105 Å². The SMILES string of the molecule is CC(=O)c1cc(C2CCCCC2)cc(Br)n1. The predicted octanol–water partition coefficient (Wildman–Crippen LogP) is 4.09. The number of pyridine rings is 1. The van der Waals surface area contributed by atoms with Gasteiger partial charge in [0, 0.05) is 6.92 Å². The molecule has 0 saturated heterocycles. The van der Waals surface area contributed by atoms with Crippen LogP contribution in [0.25, 0.3) is 0 Å². The molecule has 2 rings (SSSR count). The van der Waals surface area contributed by atoms with Crippen molar-refractivity contribution in [2.24, 2.45) is 0 Å². The van der Waals surface area contributed by atoms with Crippen molar-refractivity contribution in [3.8, 4) is 0 Å². The number of ketones is 1. The van der Waals surface area contributed by atoms with Gasteiger partial charge in [-0.05, 0) is 52.4 Å². The monoisotopic (exact) mass is 281 g/mol. The Balaban J connectivity index is 2.28. The number of halogens is 1. The van der Waals surface area contributed by atoms with Crippen LogP contribution >= 0.6 is 15.9 Å². The third-order valence-electron chi connectivity index (χ3n) is 3.25. The fraction of sp³-hybridized carbons (Fsp3) is 0.538. The van der Waals surface area contributed by atoms with Gasteiger partial charge in [0.05, 0.1) is 0 Å². The van der Waals surface area contributed by atoms with Crippen LogP contribution in [0.1, 0.15) is 61.0 Å². The van der Waals surface area contributed by atoms with Gasteiger partial charge in [-0.15, -0.1) is 0 Å². The number of aromatic nitrogens is 1. The quantitative estimate of drug-likeness (QED) is 0.604. The number of nitrogens with zero attached hydrogens (tertiary/aromatic N) is 1. The minimum atomic E-state index is 0.0401. The molecule has 0 radical (unpaired) electrons. The van der Waals surface area contributed by atoms with E-state index in [-0.39, 0.29) is 5.78 Å². The van der Waals surface area contributed by atoms with E-state index in [0.29, 0.717) is 11.6 Å². The lowest BCUT2D eigenvalue weighted by atomic mass is 9.84. The standard InChI is InChI=1S/C13H16BrNO/c1-9(16)12-7-11(8-13(14)15-12)10-5-3-2-4-6-10/h7-8,10H,2-6H2,1H3. The predicted molar refractivity (Wildman–Crippen MR) is 67.8 cm³/mol. The van der Waals surface area contributed by atoms with E-state index in [4.69, 9.17) is 0 Å². The second-order valence-electron chi connectivity index (χ2n) is 4.50. The van der Waals surface area contributed by atoms with Crippen molar-refractivity contribution in [2.75, 3.05) is 0 Å².